The molecule has 6 heavy (non-hydrogen) atoms. The van der Waals surface area contributed by atoms with Crippen LogP contribution < -0.4 is 51.4 Å². The van der Waals surface area contributed by atoms with E-state index in [4.69, 9.17) is 15.0 Å². The van der Waals surface area contributed by atoms with E-state index in [1.807, 2.05) is 0 Å². The predicted molar refractivity (Wildman–Crippen MR) is 11.8 cm³/mol. The van der Waals surface area contributed by atoms with Crippen LogP contribution in [0.25, 0.3) is 0 Å². The molecule has 0 aliphatic carbocycles. The largest absolute Gasteiger partial charge is 1.00 e. The molecule has 3 nitrogen and oxygen atoms in total. The van der Waals surface area contributed by atoms with E-state index in [0.29, 0.717) is 0 Å². The summed E-state index contributed by atoms with van der Waals surface area (Å²) in [4.78, 5) is 8.56. The van der Waals surface area contributed by atoms with E-state index in [1.54, 1.807) is 0 Å². The Morgan fingerprint density at radius 3 is 1.50 bits per heavy atom. The summed E-state index contributed by atoms with van der Waals surface area (Å²) in [5.41, 5.74) is 0. The van der Waals surface area contributed by atoms with Crippen LogP contribution in [0.4, 0.5) is 4.79 Å². The van der Waals surface area contributed by atoms with Gasteiger partial charge in [0, 0.05) is 22.4 Å². The average Bonchev–Trinajstić information content (AvgIpc) is 0.811. The number of rotatable bonds is 0. The molecule has 0 atom stereocenters. The van der Waals surface area contributed by atoms with Crippen molar-refractivity contribution >= 4 is 6.16 Å². The van der Waals surface area contributed by atoms with Crippen LogP contribution in [0, 0.1) is 0 Å². The van der Waals surface area contributed by atoms with Gasteiger partial charge < -0.3 is 11.6 Å². The Bertz CT molecular complexity index is 37.9. The van der Waals surface area contributed by atoms with E-state index < -0.39 is 6.16 Å². The van der Waals surface area contributed by atoms with Gasteiger partial charge in [0.25, 0.3) is 0 Å². The summed E-state index contributed by atoms with van der Waals surface area (Å²) in [6.07, 6.45) is -1.83. The van der Waals surface area contributed by atoms with Crippen molar-refractivity contribution in [2.24, 2.45) is 0 Å². The molecule has 0 aliphatic heterocycles. The molecule has 0 spiro atoms. The van der Waals surface area contributed by atoms with Crippen molar-refractivity contribution in [2.45, 2.75) is 0 Å². The monoisotopic (exact) mass is 195 g/mol. The first-order chi connectivity index (χ1) is 1.73. The quantitative estimate of drug-likeness (QED) is 0.414. The van der Waals surface area contributed by atoms with E-state index in [0.717, 1.165) is 0 Å². The molecule has 0 fully saturated rings. The van der Waals surface area contributed by atoms with Gasteiger partial charge in [0.15, 0.2) is 0 Å². The minimum absolute atomic E-state index is 0. The Balaban J connectivity index is -0.0000000150. The summed E-state index contributed by atoms with van der Waals surface area (Å²) in [6.45, 7) is 0. The van der Waals surface area contributed by atoms with E-state index in [1.165, 1.54) is 0 Å². The van der Waals surface area contributed by atoms with E-state index in [-0.39, 0.29) is 75.2 Å². The first-order valence-corrected chi connectivity index (χ1v) is 0.651. The van der Waals surface area contributed by atoms with Crippen molar-refractivity contribution in [3.8, 4) is 0 Å². The topological polar surface area (TPSA) is 57.5 Å². The van der Waals surface area contributed by atoms with Crippen molar-refractivity contribution in [1.29, 1.82) is 0 Å². The summed E-state index contributed by atoms with van der Waals surface area (Å²) in [7, 11) is 0. The van der Waals surface area contributed by atoms with Gasteiger partial charge in [-0.15, -0.1) is 0 Å². The molecule has 0 amide bonds. The van der Waals surface area contributed by atoms with E-state index >= 15 is 0 Å². The molecule has 0 aliphatic rings. The fraction of sp³-hybridized carbons (Fsp3) is 0. The fourth-order valence-electron chi connectivity index (χ4n) is 0. The Labute approximate surface area is 94.5 Å². The van der Waals surface area contributed by atoms with Gasteiger partial charge in [0.1, 0.15) is 0 Å². The first kappa shape index (κ1) is 15.6. The fourth-order valence-corrected chi connectivity index (χ4v) is 0. The van der Waals surface area contributed by atoms with Gasteiger partial charge in [0.2, 0.25) is 0 Å². The van der Waals surface area contributed by atoms with Crippen LogP contribution in [0.3, 0.4) is 0 Å². The normalized spacial score (nSPS) is 4.00. The zero-order valence-electron chi connectivity index (χ0n) is 4.25. The summed E-state index contributed by atoms with van der Waals surface area (Å²) in [5.74, 6) is 0. The number of carboxylic acid groups (broad SMARTS) is 2. The molecule has 2 N–H and O–H groups in total. The van der Waals surface area contributed by atoms with Gasteiger partial charge in [-0.1, -0.05) is 0 Å². The molecule has 1 radical (unpaired) electrons. The van der Waals surface area contributed by atoms with Crippen molar-refractivity contribution in [2.75, 3.05) is 0 Å². The van der Waals surface area contributed by atoms with E-state index in [2.05, 4.69) is 0 Å². The van der Waals surface area contributed by atoms with E-state index in [9.17, 15) is 0 Å². The number of hydrogen-bond acceptors (Lipinski definition) is 1. The number of hydrogen-bond donors (Lipinski definition) is 2. The third-order valence-electron chi connectivity index (χ3n) is 0. The molecule has 0 rings (SSSR count). The maximum absolute atomic E-state index is 8.56. The average molecular weight is 195 g/mol. The zero-order chi connectivity index (χ0) is 3.58. The summed E-state index contributed by atoms with van der Waals surface area (Å²) < 4.78 is 0. The van der Waals surface area contributed by atoms with Crippen LogP contribution >= 0.6 is 0 Å². The van der Waals surface area contributed by atoms with Crippen molar-refractivity contribution in [3.63, 3.8) is 0 Å². The second kappa shape index (κ2) is 9.82. The Kier molecular flexibility index (Phi) is 25.6. The maximum atomic E-state index is 8.56. The predicted octanol–water partition coefficient (Wildman–Crippen LogP) is -2.66. The second-order valence-corrected chi connectivity index (χ2v) is 0.283. The molecule has 0 saturated carbocycles. The standard InChI is InChI=1S/CH2O3.K.Nb.H/c2-1(3)4;;;/h(H2,2,3,4);;;/q;+1;;-1. The van der Waals surface area contributed by atoms with Crippen LogP contribution in [0.1, 0.15) is 1.43 Å². The van der Waals surface area contributed by atoms with Gasteiger partial charge in [0.05, 0.1) is 0 Å². The van der Waals surface area contributed by atoms with Crippen molar-refractivity contribution in [1.82, 2.24) is 0 Å². The van der Waals surface area contributed by atoms with Crippen molar-refractivity contribution < 1.29 is 90.2 Å². The molecule has 0 aromatic rings. The van der Waals surface area contributed by atoms with Gasteiger partial charge in [-0.2, -0.15) is 0 Å². The smallest absolute Gasteiger partial charge is 1.00 e. The number of carbonyl (C=O) groups is 1. The van der Waals surface area contributed by atoms with Crippen LogP contribution in [-0.2, 0) is 22.4 Å². The molecule has 0 bridgehead atoms. The van der Waals surface area contributed by atoms with Gasteiger partial charge in [-0.05, 0) is 0 Å². The van der Waals surface area contributed by atoms with Crippen LogP contribution in [0.2, 0.25) is 0 Å². The second-order valence-electron chi connectivity index (χ2n) is 0.283. The molecular weight excluding hydrogens is 192 g/mol. The zero-order valence-corrected chi connectivity index (χ0v) is 8.57. The van der Waals surface area contributed by atoms with Gasteiger partial charge in [-0.3, -0.25) is 0 Å². The van der Waals surface area contributed by atoms with Crippen LogP contribution in [0.5, 0.6) is 0 Å². The summed E-state index contributed by atoms with van der Waals surface area (Å²) >= 11 is 0. The molecule has 5 heteroatoms. The minimum Gasteiger partial charge on any atom is -1.00 e. The molecular formula is CH3KNbO3. The van der Waals surface area contributed by atoms with Gasteiger partial charge >= 0.3 is 57.5 Å². The molecule has 31 valence electrons. The third-order valence-corrected chi connectivity index (χ3v) is 0. The minimum atomic E-state index is -1.83. The van der Waals surface area contributed by atoms with Gasteiger partial charge in [-0.25, -0.2) is 4.79 Å². The third kappa shape index (κ3) is 45.0. The van der Waals surface area contributed by atoms with Crippen LogP contribution in [0.15, 0.2) is 0 Å². The summed E-state index contributed by atoms with van der Waals surface area (Å²) in [5, 5.41) is 13.9. The first-order valence-electron chi connectivity index (χ1n) is 0.651. The molecule has 0 saturated heterocycles. The SMILES string of the molecule is O=C(O)O.[H-].[K+].[Nb]. The van der Waals surface area contributed by atoms with Crippen molar-refractivity contribution in [3.05, 3.63) is 0 Å². The molecule has 0 unspecified atom stereocenters. The molecule has 0 heterocycles. The summed E-state index contributed by atoms with van der Waals surface area (Å²) in [6, 6.07) is 0. The Morgan fingerprint density at radius 1 is 1.50 bits per heavy atom. The Hall–Kier alpha value is 1.65. The van der Waals surface area contributed by atoms with Crippen LogP contribution in [-0.4, -0.2) is 16.4 Å². The molecule has 0 aromatic carbocycles. The molecule has 0 aromatic heterocycles. The maximum Gasteiger partial charge on any atom is 1.00 e. The Morgan fingerprint density at radius 2 is 1.50 bits per heavy atom.